The fourth-order valence-corrected chi connectivity index (χ4v) is 0.462. The lowest BCUT2D eigenvalue weighted by atomic mass is 10.3. The molecule has 0 heteroatoms. The molecule has 0 saturated carbocycles. The van der Waals surface area contributed by atoms with Crippen molar-refractivity contribution in [2.45, 2.75) is 33.1 Å². The van der Waals surface area contributed by atoms with Gasteiger partial charge in [-0.2, -0.15) is 0 Å². The van der Waals surface area contributed by atoms with Crippen molar-refractivity contribution in [3.05, 3.63) is 12.2 Å². The molecule has 0 aromatic heterocycles. The second-order valence-electron chi connectivity index (χ2n) is 1.88. The van der Waals surface area contributed by atoms with Gasteiger partial charge < -0.3 is 0 Å². The topological polar surface area (TPSA) is 0 Å². The van der Waals surface area contributed by atoms with Gasteiger partial charge >= 0.3 is 0 Å². The van der Waals surface area contributed by atoms with Crippen LogP contribution in [0.5, 0.6) is 0 Å². The minimum atomic E-state index is 0.913. The quantitative estimate of drug-likeness (QED) is 0.390. The van der Waals surface area contributed by atoms with Gasteiger partial charge in [0.2, 0.25) is 0 Å². The molecular formula is C9H14. The van der Waals surface area contributed by atoms with Gasteiger partial charge in [-0.25, -0.2) is 0 Å². The maximum absolute atomic E-state index is 3.07. The highest BCUT2D eigenvalue weighted by Crippen LogP contribution is 1.83. The van der Waals surface area contributed by atoms with E-state index in [1.165, 1.54) is 6.42 Å². The molecule has 0 N–H and O–H groups in total. The summed E-state index contributed by atoms with van der Waals surface area (Å²) in [6.07, 6.45) is 7.22. The van der Waals surface area contributed by atoms with Gasteiger partial charge in [0.25, 0.3) is 0 Å². The van der Waals surface area contributed by atoms with E-state index in [0.717, 1.165) is 12.8 Å². The Bertz CT molecular complexity index is 121. The van der Waals surface area contributed by atoms with Crippen molar-refractivity contribution < 1.29 is 0 Å². The molecule has 0 aliphatic heterocycles. The largest absolute Gasteiger partial charge is 0.103 e. The minimum Gasteiger partial charge on any atom is -0.103 e. The molecule has 0 fully saturated rings. The average Bonchev–Trinajstić information content (AvgIpc) is 1.89. The fraction of sp³-hybridized carbons (Fsp3) is 0.556. The number of allylic oxidation sites excluding steroid dienone is 2. The Balaban J connectivity index is 3.16. The van der Waals surface area contributed by atoms with Gasteiger partial charge in [-0.3, -0.25) is 0 Å². The third-order valence-electron chi connectivity index (χ3n) is 0.956. The highest BCUT2D eigenvalue weighted by molar-refractivity contribution is 5.03. The van der Waals surface area contributed by atoms with E-state index >= 15 is 0 Å². The van der Waals surface area contributed by atoms with Crippen LogP contribution in [0.4, 0.5) is 0 Å². The smallest absolute Gasteiger partial charge is 0.0269 e. The van der Waals surface area contributed by atoms with Crippen LogP contribution in [0.15, 0.2) is 12.2 Å². The normalized spacial score (nSPS) is 9.11. The third kappa shape index (κ3) is 7.30. The van der Waals surface area contributed by atoms with E-state index in [-0.39, 0.29) is 0 Å². The molecule has 0 nitrogen and oxygen atoms in total. The molecule has 9 heavy (non-hydrogen) atoms. The van der Waals surface area contributed by atoms with Crippen molar-refractivity contribution >= 4 is 0 Å². The Morgan fingerprint density at radius 2 is 2.11 bits per heavy atom. The van der Waals surface area contributed by atoms with E-state index in [4.69, 9.17) is 0 Å². The first kappa shape index (κ1) is 8.30. The highest BCUT2D eigenvalue weighted by atomic mass is 13.7. The molecule has 0 saturated heterocycles. The molecule has 0 unspecified atom stereocenters. The van der Waals surface area contributed by atoms with Crippen LogP contribution in [0.1, 0.15) is 33.1 Å². The maximum atomic E-state index is 3.07. The van der Waals surface area contributed by atoms with Gasteiger partial charge in [0.1, 0.15) is 0 Å². The zero-order valence-corrected chi connectivity index (χ0v) is 6.28. The average molecular weight is 122 g/mol. The lowest BCUT2D eigenvalue weighted by Gasteiger charge is -1.76. The monoisotopic (exact) mass is 122 g/mol. The summed E-state index contributed by atoms with van der Waals surface area (Å²) in [5.74, 6) is 6.12. The zero-order valence-electron chi connectivity index (χ0n) is 6.28. The van der Waals surface area contributed by atoms with E-state index < -0.39 is 0 Å². The van der Waals surface area contributed by atoms with Crippen molar-refractivity contribution in [2.24, 2.45) is 0 Å². The lowest BCUT2D eigenvalue weighted by molar-refractivity contribution is 0.982. The summed E-state index contributed by atoms with van der Waals surface area (Å²) in [5, 5.41) is 0. The number of unbranched alkanes of at least 4 members (excludes halogenated alkanes) is 1. The number of hydrogen-bond donors (Lipinski definition) is 0. The fourth-order valence-electron chi connectivity index (χ4n) is 0.462. The van der Waals surface area contributed by atoms with Crippen LogP contribution < -0.4 is 0 Å². The number of rotatable bonds is 2. The minimum absolute atomic E-state index is 0.913. The molecule has 0 heterocycles. The SMILES string of the molecule is CC=CCC#CCCC. The Morgan fingerprint density at radius 1 is 1.33 bits per heavy atom. The summed E-state index contributed by atoms with van der Waals surface area (Å²) in [6.45, 7) is 4.16. The highest BCUT2D eigenvalue weighted by Gasteiger charge is 1.68. The molecule has 0 aliphatic rings. The molecule has 0 bridgehead atoms. The lowest BCUT2D eigenvalue weighted by Crippen LogP contribution is -1.61. The standard InChI is InChI=1S/C9H14/c1-3-5-7-9-8-6-4-2/h3,5H,4,6-7H2,1-2H3. The van der Waals surface area contributed by atoms with Crippen LogP contribution in [-0.2, 0) is 0 Å². The van der Waals surface area contributed by atoms with Crippen LogP contribution >= 0.6 is 0 Å². The predicted octanol–water partition coefficient (Wildman–Crippen LogP) is 2.76. The van der Waals surface area contributed by atoms with Crippen molar-refractivity contribution in [3.63, 3.8) is 0 Å². The molecular weight excluding hydrogens is 108 g/mol. The Morgan fingerprint density at radius 3 is 2.67 bits per heavy atom. The first-order chi connectivity index (χ1) is 4.41. The predicted molar refractivity (Wildman–Crippen MR) is 42.1 cm³/mol. The number of hydrogen-bond acceptors (Lipinski definition) is 0. The van der Waals surface area contributed by atoms with Gasteiger partial charge in [0.15, 0.2) is 0 Å². The van der Waals surface area contributed by atoms with E-state index in [1.54, 1.807) is 0 Å². The summed E-state index contributed by atoms with van der Waals surface area (Å²) in [5.41, 5.74) is 0. The van der Waals surface area contributed by atoms with E-state index in [9.17, 15) is 0 Å². The molecule has 0 atom stereocenters. The van der Waals surface area contributed by atoms with E-state index in [0.29, 0.717) is 0 Å². The summed E-state index contributed by atoms with van der Waals surface area (Å²) in [4.78, 5) is 0. The van der Waals surface area contributed by atoms with Gasteiger partial charge in [-0.05, 0) is 13.3 Å². The molecule has 0 aliphatic carbocycles. The summed E-state index contributed by atoms with van der Waals surface area (Å²) in [7, 11) is 0. The Hall–Kier alpha value is -0.700. The molecule has 0 amide bonds. The molecule has 0 rings (SSSR count). The van der Waals surface area contributed by atoms with Crippen molar-refractivity contribution in [1.82, 2.24) is 0 Å². The van der Waals surface area contributed by atoms with Crippen LogP contribution in [0.3, 0.4) is 0 Å². The summed E-state index contributed by atoms with van der Waals surface area (Å²) < 4.78 is 0. The van der Waals surface area contributed by atoms with Gasteiger partial charge in [-0.15, -0.1) is 5.92 Å². The molecule has 50 valence electrons. The van der Waals surface area contributed by atoms with Gasteiger partial charge in [-0.1, -0.05) is 25.0 Å². The Kier molecular flexibility index (Phi) is 6.73. The molecule has 0 spiro atoms. The first-order valence-corrected chi connectivity index (χ1v) is 3.48. The van der Waals surface area contributed by atoms with Crippen LogP contribution in [0.25, 0.3) is 0 Å². The van der Waals surface area contributed by atoms with Crippen molar-refractivity contribution in [2.75, 3.05) is 0 Å². The molecule has 0 radical (unpaired) electrons. The Labute approximate surface area is 58.0 Å². The zero-order chi connectivity index (χ0) is 6.95. The van der Waals surface area contributed by atoms with Crippen molar-refractivity contribution in [3.8, 4) is 11.8 Å². The second kappa shape index (κ2) is 7.30. The first-order valence-electron chi connectivity index (χ1n) is 3.48. The van der Waals surface area contributed by atoms with E-state index in [2.05, 4.69) is 24.8 Å². The van der Waals surface area contributed by atoms with Gasteiger partial charge in [0, 0.05) is 12.8 Å². The summed E-state index contributed by atoms with van der Waals surface area (Å²) >= 11 is 0. The van der Waals surface area contributed by atoms with Crippen LogP contribution in [0.2, 0.25) is 0 Å². The molecule has 0 aromatic carbocycles. The van der Waals surface area contributed by atoms with Crippen molar-refractivity contribution in [1.29, 1.82) is 0 Å². The van der Waals surface area contributed by atoms with Gasteiger partial charge in [0.05, 0.1) is 0 Å². The van der Waals surface area contributed by atoms with Crippen LogP contribution in [-0.4, -0.2) is 0 Å². The van der Waals surface area contributed by atoms with E-state index in [1.807, 2.05) is 13.0 Å². The maximum Gasteiger partial charge on any atom is 0.0269 e. The molecule has 0 aromatic rings. The second-order valence-corrected chi connectivity index (χ2v) is 1.88. The van der Waals surface area contributed by atoms with Crippen LogP contribution in [0, 0.1) is 11.8 Å². The third-order valence-corrected chi connectivity index (χ3v) is 0.956. The summed E-state index contributed by atoms with van der Waals surface area (Å²) in [6, 6.07) is 0.